The van der Waals surface area contributed by atoms with Crippen LogP contribution in [0.3, 0.4) is 0 Å². The van der Waals surface area contributed by atoms with Crippen LogP contribution in [0.1, 0.15) is 30.3 Å². The molecule has 136 valence electrons. The van der Waals surface area contributed by atoms with E-state index in [0.29, 0.717) is 22.2 Å². The zero-order valence-corrected chi connectivity index (χ0v) is 15.9. The summed E-state index contributed by atoms with van der Waals surface area (Å²) in [5.74, 6) is 0.552. The van der Waals surface area contributed by atoms with Gasteiger partial charge < -0.3 is 9.67 Å². The van der Waals surface area contributed by atoms with Crippen LogP contribution in [-0.2, 0) is 13.2 Å². The van der Waals surface area contributed by atoms with Crippen LogP contribution in [0.25, 0.3) is 16.7 Å². The van der Waals surface area contributed by atoms with Crippen molar-refractivity contribution in [1.29, 1.82) is 5.26 Å². The first-order valence-corrected chi connectivity index (χ1v) is 9.51. The molecular weight excluding hydrogens is 360 g/mol. The predicted octanol–water partition coefficient (Wildman–Crippen LogP) is 3.31. The van der Waals surface area contributed by atoms with Crippen LogP contribution in [0, 0.1) is 18.3 Å². The molecule has 27 heavy (non-hydrogen) atoms. The summed E-state index contributed by atoms with van der Waals surface area (Å²) in [5, 5.41) is 29.1. The predicted molar refractivity (Wildman–Crippen MR) is 103 cm³/mol. The first-order chi connectivity index (χ1) is 13.2. The number of benzene rings is 1. The van der Waals surface area contributed by atoms with Gasteiger partial charge in [0.2, 0.25) is 0 Å². The maximum absolute atomic E-state index is 9.61. The highest BCUT2D eigenvalue weighted by atomic mass is 32.2. The summed E-state index contributed by atoms with van der Waals surface area (Å²) in [4.78, 5) is 4.67. The smallest absolute Gasteiger partial charge is 0.197 e. The number of para-hydroxylation sites is 2. The van der Waals surface area contributed by atoms with Crippen LogP contribution in [0.2, 0.25) is 0 Å². The minimum Gasteiger partial charge on any atom is -0.388 e. The van der Waals surface area contributed by atoms with E-state index in [1.54, 1.807) is 0 Å². The molecule has 0 amide bonds. The normalized spacial score (nSPS) is 11.3. The Labute approximate surface area is 160 Å². The third kappa shape index (κ3) is 2.85. The molecular formula is C19H18N6OS. The molecule has 0 fully saturated rings. The highest BCUT2D eigenvalue weighted by molar-refractivity contribution is 7.99. The zero-order chi connectivity index (χ0) is 19.0. The molecule has 1 aromatic carbocycles. The summed E-state index contributed by atoms with van der Waals surface area (Å²) in [7, 11) is 0. The molecule has 0 atom stereocenters. The molecule has 0 saturated heterocycles. The van der Waals surface area contributed by atoms with Crippen LogP contribution in [0.4, 0.5) is 0 Å². The molecule has 3 heterocycles. The Hall–Kier alpha value is -2.89. The third-order valence-electron chi connectivity index (χ3n) is 4.43. The summed E-state index contributed by atoms with van der Waals surface area (Å²) in [6.45, 7) is 4.57. The van der Waals surface area contributed by atoms with Gasteiger partial charge in [0.25, 0.3) is 0 Å². The topological polar surface area (TPSA) is 92.0 Å². The van der Waals surface area contributed by atoms with Gasteiger partial charge in [-0.3, -0.25) is 4.40 Å². The maximum Gasteiger partial charge on any atom is 0.197 e. The number of pyridine rings is 1. The highest BCUT2D eigenvalue weighted by Gasteiger charge is 2.18. The number of aromatic nitrogens is 5. The summed E-state index contributed by atoms with van der Waals surface area (Å²) >= 11 is 1.46. The fourth-order valence-corrected chi connectivity index (χ4v) is 4.27. The van der Waals surface area contributed by atoms with Gasteiger partial charge in [0, 0.05) is 6.54 Å². The SMILES string of the molecule is CCCn1c(CO)nnc1Sc1cc(C)c(C#N)c2nc3ccccc3n12. The molecule has 7 nitrogen and oxygen atoms in total. The number of aryl methyl sites for hydroxylation is 1. The lowest BCUT2D eigenvalue weighted by Crippen LogP contribution is -2.05. The number of hydrogen-bond acceptors (Lipinski definition) is 6. The Kier molecular flexibility index (Phi) is 4.56. The lowest BCUT2D eigenvalue weighted by Gasteiger charge is -2.11. The quantitative estimate of drug-likeness (QED) is 0.573. The van der Waals surface area contributed by atoms with Crippen molar-refractivity contribution in [2.75, 3.05) is 0 Å². The van der Waals surface area contributed by atoms with Crippen LogP contribution in [0.5, 0.6) is 0 Å². The monoisotopic (exact) mass is 378 g/mol. The van der Waals surface area contributed by atoms with Crippen LogP contribution in [0.15, 0.2) is 40.5 Å². The summed E-state index contributed by atoms with van der Waals surface area (Å²) in [5.41, 5.74) is 3.86. The largest absolute Gasteiger partial charge is 0.388 e. The lowest BCUT2D eigenvalue weighted by molar-refractivity contribution is 0.263. The van der Waals surface area contributed by atoms with E-state index in [-0.39, 0.29) is 6.61 Å². The number of hydrogen-bond donors (Lipinski definition) is 1. The lowest BCUT2D eigenvalue weighted by atomic mass is 10.2. The van der Waals surface area contributed by atoms with Gasteiger partial charge in [0.1, 0.15) is 12.7 Å². The van der Waals surface area contributed by atoms with Gasteiger partial charge in [-0.05, 0) is 48.9 Å². The van der Waals surface area contributed by atoms with Crippen molar-refractivity contribution >= 4 is 28.4 Å². The second-order valence-corrected chi connectivity index (χ2v) is 7.21. The molecule has 0 aliphatic heterocycles. The van der Waals surface area contributed by atoms with Crippen LogP contribution < -0.4 is 0 Å². The van der Waals surface area contributed by atoms with E-state index >= 15 is 0 Å². The number of fused-ring (bicyclic) bond motifs is 3. The second kappa shape index (κ2) is 7.02. The van der Waals surface area contributed by atoms with Crippen molar-refractivity contribution in [1.82, 2.24) is 24.1 Å². The fourth-order valence-electron chi connectivity index (χ4n) is 3.18. The summed E-state index contributed by atoms with van der Waals surface area (Å²) in [6, 6.07) is 12.1. The Morgan fingerprint density at radius 3 is 2.81 bits per heavy atom. The molecule has 0 aliphatic carbocycles. The van der Waals surface area contributed by atoms with E-state index in [0.717, 1.165) is 34.6 Å². The van der Waals surface area contributed by atoms with Crippen LogP contribution in [-0.4, -0.2) is 29.3 Å². The first-order valence-electron chi connectivity index (χ1n) is 8.69. The molecule has 4 rings (SSSR count). The van der Waals surface area contributed by atoms with Crippen molar-refractivity contribution in [3.8, 4) is 6.07 Å². The van der Waals surface area contributed by atoms with E-state index in [1.165, 1.54) is 11.8 Å². The first kappa shape index (κ1) is 17.5. The van der Waals surface area contributed by atoms with Gasteiger partial charge in [-0.2, -0.15) is 5.26 Å². The van der Waals surface area contributed by atoms with Gasteiger partial charge in [0.05, 0.1) is 21.6 Å². The number of rotatable bonds is 5. The van der Waals surface area contributed by atoms with Crippen molar-refractivity contribution in [3.05, 3.63) is 47.3 Å². The molecule has 0 saturated carbocycles. The minimum atomic E-state index is -0.149. The molecule has 8 heteroatoms. The average molecular weight is 378 g/mol. The number of aliphatic hydroxyl groups is 1. The summed E-state index contributed by atoms with van der Waals surface area (Å²) < 4.78 is 3.93. The average Bonchev–Trinajstić information content (AvgIpc) is 3.23. The van der Waals surface area contributed by atoms with Crippen molar-refractivity contribution in [2.24, 2.45) is 0 Å². The van der Waals surface area contributed by atoms with Gasteiger partial charge >= 0.3 is 0 Å². The van der Waals surface area contributed by atoms with Crippen molar-refractivity contribution < 1.29 is 5.11 Å². The van der Waals surface area contributed by atoms with Crippen molar-refractivity contribution in [3.63, 3.8) is 0 Å². The number of nitrogens with zero attached hydrogens (tertiary/aromatic N) is 6. The van der Waals surface area contributed by atoms with E-state index < -0.39 is 0 Å². The van der Waals surface area contributed by atoms with Gasteiger partial charge in [-0.25, -0.2) is 4.98 Å². The third-order valence-corrected chi connectivity index (χ3v) is 5.42. The Balaban J connectivity index is 1.95. The Morgan fingerprint density at radius 1 is 1.26 bits per heavy atom. The Morgan fingerprint density at radius 2 is 2.07 bits per heavy atom. The molecule has 4 aromatic rings. The second-order valence-electron chi connectivity index (χ2n) is 6.22. The Bertz CT molecular complexity index is 1190. The van der Waals surface area contributed by atoms with E-state index in [9.17, 15) is 10.4 Å². The van der Waals surface area contributed by atoms with Gasteiger partial charge in [-0.1, -0.05) is 19.1 Å². The molecule has 3 aromatic heterocycles. The minimum absolute atomic E-state index is 0.149. The molecule has 0 unspecified atom stereocenters. The highest BCUT2D eigenvalue weighted by Crippen LogP contribution is 2.33. The number of imidazole rings is 1. The molecule has 0 radical (unpaired) electrons. The van der Waals surface area contributed by atoms with Crippen molar-refractivity contribution in [2.45, 2.75) is 43.6 Å². The fraction of sp³-hybridized carbons (Fsp3) is 0.263. The number of nitriles is 1. The van der Waals surface area contributed by atoms with E-state index in [2.05, 4.69) is 28.2 Å². The standard InChI is InChI=1S/C19H18N6OS/c1-3-8-24-16(11-26)22-23-19(24)27-17-9-12(2)13(10-20)18-21-14-6-4-5-7-15(14)25(17)18/h4-7,9,26H,3,8,11H2,1-2H3. The van der Waals surface area contributed by atoms with E-state index in [4.69, 9.17) is 0 Å². The zero-order valence-electron chi connectivity index (χ0n) is 15.0. The van der Waals surface area contributed by atoms with Crippen LogP contribution >= 0.6 is 11.8 Å². The molecule has 0 aliphatic rings. The number of aliphatic hydroxyl groups excluding tert-OH is 1. The van der Waals surface area contributed by atoms with Gasteiger partial charge in [0.15, 0.2) is 16.6 Å². The molecule has 0 bridgehead atoms. The maximum atomic E-state index is 9.61. The molecule has 1 N–H and O–H groups in total. The summed E-state index contributed by atoms with van der Waals surface area (Å²) in [6.07, 6.45) is 0.911. The molecule has 0 spiro atoms. The van der Waals surface area contributed by atoms with Gasteiger partial charge in [-0.15, -0.1) is 10.2 Å². The van der Waals surface area contributed by atoms with E-state index in [1.807, 2.05) is 46.2 Å².